The van der Waals surface area contributed by atoms with Crippen LogP contribution in [0.15, 0.2) is 66.9 Å². The van der Waals surface area contributed by atoms with Gasteiger partial charge in [0.05, 0.1) is 17.8 Å². The lowest BCUT2D eigenvalue weighted by Crippen LogP contribution is -2.38. The summed E-state index contributed by atoms with van der Waals surface area (Å²) in [6.07, 6.45) is 2.54. The summed E-state index contributed by atoms with van der Waals surface area (Å²) in [5.74, 6) is 0.609. The van der Waals surface area contributed by atoms with Gasteiger partial charge in [0.1, 0.15) is 11.4 Å². The minimum Gasteiger partial charge on any atom is -0.363 e. The first-order valence-electron chi connectivity index (χ1n) is 8.81. The molecule has 5 nitrogen and oxygen atoms in total. The van der Waals surface area contributed by atoms with Gasteiger partial charge in [-0.1, -0.05) is 48.5 Å². The Balaban J connectivity index is 1.67. The molecule has 0 saturated heterocycles. The van der Waals surface area contributed by atoms with E-state index in [1.807, 2.05) is 53.2 Å². The molecule has 1 unspecified atom stereocenters. The van der Waals surface area contributed by atoms with Crippen molar-refractivity contribution in [3.8, 4) is 0 Å². The maximum Gasteiger partial charge on any atom is 0.261 e. The highest BCUT2D eigenvalue weighted by Crippen LogP contribution is 2.39. The normalized spacial score (nSPS) is 17.8. The Bertz CT molecular complexity index is 916. The SMILES string of the molecule is CC1(C)CC(c2ccccc2)Nc2c(C(=O)Nc3ccccc3)cnn21. The zero-order chi connectivity index (χ0) is 18.1. The zero-order valence-electron chi connectivity index (χ0n) is 14.9. The van der Waals surface area contributed by atoms with Gasteiger partial charge in [-0.15, -0.1) is 0 Å². The largest absolute Gasteiger partial charge is 0.363 e. The van der Waals surface area contributed by atoms with Gasteiger partial charge in [-0.05, 0) is 38.0 Å². The first kappa shape index (κ1) is 16.4. The van der Waals surface area contributed by atoms with Crippen LogP contribution in [-0.2, 0) is 5.54 Å². The Morgan fingerprint density at radius 1 is 1.12 bits per heavy atom. The molecule has 5 heteroatoms. The van der Waals surface area contributed by atoms with Gasteiger partial charge in [-0.2, -0.15) is 5.10 Å². The molecule has 0 radical (unpaired) electrons. The second kappa shape index (κ2) is 6.33. The number of hydrogen-bond donors (Lipinski definition) is 2. The Morgan fingerprint density at radius 2 is 1.77 bits per heavy atom. The third-order valence-corrected chi connectivity index (χ3v) is 4.84. The number of anilines is 2. The van der Waals surface area contributed by atoms with Gasteiger partial charge in [0, 0.05) is 5.69 Å². The van der Waals surface area contributed by atoms with Crippen molar-refractivity contribution >= 4 is 17.4 Å². The number of benzene rings is 2. The third-order valence-electron chi connectivity index (χ3n) is 4.84. The van der Waals surface area contributed by atoms with Crippen LogP contribution in [0, 0.1) is 0 Å². The third kappa shape index (κ3) is 2.96. The summed E-state index contributed by atoms with van der Waals surface area (Å²) < 4.78 is 1.92. The molecule has 3 aromatic rings. The molecule has 2 heterocycles. The number of rotatable bonds is 3. The predicted molar refractivity (Wildman–Crippen MR) is 103 cm³/mol. The molecule has 1 aliphatic rings. The molecule has 0 saturated carbocycles. The van der Waals surface area contributed by atoms with Crippen molar-refractivity contribution in [3.05, 3.63) is 78.0 Å². The van der Waals surface area contributed by atoms with Crippen molar-refractivity contribution in [3.63, 3.8) is 0 Å². The lowest BCUT2D eigenvalue weighted by Gasteiger charge is -2.38. The van der Waals surface area contributed by atoms with E-state index in [4.69, 9.17) is 0 Å². The molecular formula is C21H22N4O. The maximum atomic E-state index is 12.8. The van der Waals surface area contributed by atoms with E-state index in [1.165, 1.54) is 5.56 Å². The van der Waals surface area contributed by atoms with Crippen molar-refractivity contribution in [1.82, 2.24) is 9.78 Å². The van der Waals surface area contributed by atoms with Crippen molar-refractivity contribution < 1.29 is 4.79 Å². The van der Waals surface area contributed by atoms with Crippen LogP contribution in [0.3, 0.4) is 0 Å². The van der Waals surface area contributed by atoms with E-state index in [0.717, 1.165) is 17.9 Å². The van der Waals surface area contributed by atoms with Crippen molar-refractivity contribution in [1.29, 1.82) is 0 Å². The van der Waals surface area contributed by atoms with E-state index in [1.54, 1.807) is 6.20 Å². The summed E-state index contributed by atoms with van der Waals surface area (Å²) in [5.41, 5.74) is 2.35. The lowest BCUT2D eigenvalue weighted by molar-refractivity contribution is 0.102. The Labute approximate surface area is 153 Å². The highest BCUT2D eigenvalue weighted by molar-refractivity contribution is 6.07. The molecule has 0 aliphatic carbocycles. The average Bonchev–Trinajstić information content (AvgIpc) is 3.08. The highest BCUT2D eigenvalue weighted by atomic mass is 16.1. The number of para-hydroxylation sites is 1. The molecule has 1 aliphatic heterocycles. The topological polar surface area (TPSA) is 59.0 Å². The number of aromatic nitrogens is 2. The van der Waals surface area contributed by atoms with Gasteiger partial charge < -0.3 is 10.6 Å². The van der Waals surface area contributed by atoms with Gasteiger partial charge in [0.2, 0.25) is 0 Å². The number of hydrogen-bond acceptors (Lipinski definition) is 3. The molecule has 0 spiro atoms. The summed E-state index contributed by atoms with van der Waals surface area (Å²) in [7, 11) is 0. The van der Waals surface area contributed by atoms with E-state index in [9.17, 15) is 4.79 Å². The van der Waals surface area contributed by atoms with Crippen LogP contribution in [-0.4, -0.2) is 15.7 Å². The summed E-state index contributed by atoms with van der Waals surface area (Å²) in [6, 6.07) is 19.9. The Hall–Kier alpha value is -3.08. The molecule has 2 aromatic carbocycles. The monoisotopic (exact) mass is 346 g/mol. The zero-order valence-corrected chi connectivity index (χ0v) is 14.9. The number of nitrogens with one attached hydrogen (secondary N) is 2. The molecule has 0 bridgehead atoms. The smallest absolute Gasteiger partial charge is 0.261 e. The molecule has 0 fully saturated rings. The van der Waals surface area contributed by atoms with E-state index in [-0.39, 0.29) is 17.5 Å². The number of amides is 1. The predicted octanol–water partition coefficient (Wildman–Crippen LogP) is 4.43. The van der Waals surface area contributed by atoms with Crippen molar-refractivity contribution in [2.24, 2.45) is 0 Å². The summed E-state index contributed by atoms with van der Waals surface area (Å²) in [5, 5.41) is 11.0. The number of carbonyl (C=O) groups excluding carboxylic acids is 1. The molecule has 4 rings (SSSR count). The Kier molecular flexibility index (Phi) is 3.99. The molecule has 26 heavy (non-hydrogen) atoms. The van der Waals surface area contributed by atoms with Gasteiger partial charge in [-0.3, -0.25) is 4.79 Å². The first-order valence-corrected chi connectivity index (χ1v) is 8.81. The fourth-order valence-electron chi connectivity index (χ4n) is 3.52. The van der Waals surface area contributed by atoms with Gasteiger partial charge in [0.25, 0.3) is 5.91 Å². The number of fused-ring (bicyclic) bond motifs is 1. The van der Waals surface area contributed by atoms with Crippen LogP contribution in [0.4, 0.5) is 11.5 Å². The average molecular weight is 346 g/mol. The second-order valence-electron chi connectivity index (χ2n) is 7.26. The van der Waals surface area contributed by atoms with E-state index < -0.39 is 0 Å². The quantitative estimate of drug-likeness (QED) is 0.738. The fourth-order valence-corrected chi connectivity index (χ4v) is 3.52. The van der Waals surface area contributed by atoms with Crippen molar-refractivity contribution in [2.75, 3.05) is 10.6 Å². The summed E-state index contributed by atoms with van der Waals surface area (Å²) >= 11 is 0. The Morgan fingerprint density at radius 3 is 2.46 bits per heavy atom. The van der Waals surface area contributed by atoms with Gasteiger partial charge in [-0.25, -0.2) is 4.68 Å². The van der Waals surface area contributed by atoms with Gasteiger partial charge in [0.15, 0.2) is 0 Å². The molecule has 1 aromatic heterocycles. The minimum atomic E-state index is -0.188. The van der Waals surface area contributed by atoms with Crippen molar-refractivity contribution in [2.45, 2.75) is 31.8 Å². The molecule has 2 N–H and O–H groups in total. The number of carbonyl (C=O) groups is 1. The van der Waals surface area contributed by atoms with Crippen LogP contribution in [0.25, 0.3) is 0 Å². The first-order chi connectivity index (χ1) is 12.5. The molecular weight excluding hydrogens is 324 g/mol. The fraction of sp³-hybridized carbons (Fsp3) is 0.238. The van der Waals surface area contributed by atoms with Crippen LogP contribution in [0.1, 0.15) is 42.2 Å². The summed E-state index contributed by atoms with van der Waals surface area (Å²) in [6.45, 7) is 4.30. The molecule has 1 amide bonds. The van der Waals surface area contributed by atoms with E-state index >= 15 is 0 Å². The standard InChI is InChI=1S/C21H22N4O/c1-21(2)13-18(15-9-5-3-6-10-15)24-19-17(14-22-25(19)21)20(26)23-16-11-7-4-8-12-16/h3-12,14,18,24H,13H2,1-2H3,(H,23,26). The molecule has 132 valence electrons. The maximum absolute atomic E-state index is 12.8. The molecule has 1 atom stereocenters. The highest BCUT2D eigenvalue weighted by Gasteiger charge is 2.36. The summed E-state index contributed by atoms with van der Waals surface area (Å²) in [4.78, 5) is 12.8. The van der Waals surface area contributed by atoms with Crippen LogP contribution in [0.2, 0.25) is 0 Å². The number of nitrogens with zero attached hydrogens (tertiary/aromatic N) is 2. The lowest BCUT2D eigenvalue weighted by atomic mass is 9.89. The second-order valence-corrected chi connectivity index (χ2v) is 7.26. The van der Waals surface area contributed by atoms with Gasteiger partial charge >= 0.3 is 0 Å². The minimum absolute atomic E-state index is 0.138. The van der Waals surface area contributed by atoms with E-state index in [0.29, 0.717) is 5.56 Å². The van der Waals surface area contributed by atoms with Crippen LogP contribution < -0.4 is 10.6 Å². The van der Waals surface area contributed by atoms with E-state index in [2.05, 4.69) is 41.7 Å². The van der Waals surface area contributed by atoms with Crippen LogP contribution >= 0.6 is 0 Å². The van der Waals surface area contributed by atoms with Crippen LogP contribution in [0.5, 0.6) is 0 Å².